The Morgan fingerprint density at radius 2 is 2.32 bits per heavy atom. The molecule has 0 saturated carbocycles. The number of nitrogens with one attached hydrogen (secondary N) is 2. The van der Waals surface area contributed by atoms with Crippen LogP contribution in [0.5, 0.6) is 5.75 Å². The van der Waals surface area contributed by atoms with E-state index in [0.717, 1.165) is 30.0 Å². The Bertz CT molecular complexity index is 564. The molecular weight excluding hydrogens is 238 g/mol. The van der Waals surface area contributed by atoms with E-state index in [1.54, 1.807) is 7.11 Å². The number of hydrogen-bond acceptors (Lipinski definition) is 4. The van der Waals surface area contributed by atoms with E-state index in [9.17, 15) is 0 Å². The van der Waals surface area contributed by atoms with Gasteiger partial charge < -0.3 is 15.4 Å². The average Bonchev–Trinajstić information content (AvgIpc) is 2.48. The minimum absolute atomic E-state index is 0.457. The Balaban J connectivity index is 1.92. The highest BCUT2D eigenvalue weighted by molar-refractivity contribution is 5.92. The van der Waals surface area contributed by atoms with Gasteiger partial charge in [0.25, 0.3) is 0 Å². The van der Waals surface area contributed by atoms with E-state index in [-0.39, 0.29) is 0 Å². The quantitative estimate of drug-likeness (QED) is 0.886. The number of rotatable bonds is 3. The van der Waals surface area contributed by atoms with Crippen molar-refractivity contribution in [2.45, 2.75) is 18.9 Å². The van der Waals surface area contributed by atoms with Gasteiger partial charge in [0.1, 0.15) is 11.6 Å². The molecule has 2 N–H and O–H groups in total. The maximum absolute atomic E-state index is 5.30. The zero-order chi connectivity index (χ0) is 13.1. The number of aromatic nitrogens is 1. The van der Waals surface area contributed by atoms with Crippen molar-refractivity contribution in [3.8, 4) is 5.75 Å². The van der Waals surface area contributed by atoms with E-state index in [1.165, 1.54) is 18.2 Å². The molecule has 3 rings (SSSR count). The van der Waals surface area contributed by atoms with E-state index >= 15 is 0 Å². The Hall–Kier alpha value is -1.81. The van der Waals surface area contributed by atoms with Gasteiger partial charge >= 0.3 is 0 Å². The van der Waals surface area contributed by atoms with Gasteiger partial charge in [-0.1, -0.05) is 6.07 Å². The lowest BCUT2D eigenvalue weighted by atomic mass is 10.1. The fraction of sp³-hybridized carbons (Fsp3) is 0.400. The second-order valence-electron chi connectivity index (χ2n) is 4.93. The molecular formula is C15H19N3O. The number of fused-ring (bicyclic) bond motifs is 1. The predicted octanol–water partition coefficient (Wildman–Crippen LogP) is 2.41. The molecule has 1 saturated heterocycles. The third kappa shape index (κ3) is 2.63. The highest BCUT2D eigenvalue weighted by Crippen LogP contribution is 2.26. The van der Waals surface area contributed by atoms with Gasteiger partial charge in [-0.3, -0.25) is 0 Å². The van der Waals surface area contributed by atoms with Crippen molar-refractivity contribution < 1.29 is 4.74 Å². The first-order valence-corrected chi connectivity index (χ1v) is 6.77. The number of benzene rings is 1. The van der Waals surface area contributed by atoms with E-state index in [0.29, 0.717) is 6.04 Å². The second-order valence-corrected chi connectivity index (χ2v) is 4.93. The summed E-state index contributed by atoms with van der Waals surface area (Å²) in [4.78, 5) is 4.48. The lowest BCUT2D eigenvalue weighted by Crippen LogP contribution is -2.38. The second kappa shape index (κ2) is 5.45. The number of anilines is 1. The summed E-state index contributed by atoms with van der Waals surface area (Å²) in [6, 6.07) is 8.58. The van der Waals surface area contributed by atoms with E-state index in [1.807, 2.05) is 24.4 Å². The van der Waals surface area contributed by atoms with Crippen LogP contribution in [0.3, 0.4) is 0 Å². The first kappa shape index (κ1) is 12.2. The molecule has 1 fully saturated rings. The summed E-state index contributed by atoms with van der Waals surface area (Å²) < 4.78 is 5.30. The molecule has 2 heterocycles. The van der Waals surface area contributed by atoms with Crippen LogP contribution in [0.4, 0.5) is 5.82 Å². The summed E-state index contributed by atoms with van der Waals surface area (Å²) in [5.41, 5.74) is 0. The number of piperidine rings is 1. The Kier molecular flexibility index (Phi) is 3.51. The molecule has 0 bridgehead atoms. The van der Waals surface area contributed by atoms with Gasteiger partial charge in [-0.05, 0) is 43.0 Å². The van der Waals surface area contributed by atoms with Crippen LogP contribution in [0.25, 0.3) is 10.8 Å². The van der Waals surface area contributed by atoms with Crippen molar-refractivity contribution >= 4 is 16.6 Å². The summed E-state index contributed by atoms with van der Waals surface area (Å²) in [6.45, 7) is 2.12. The van der Waals surface area contributed by atoms with E-state index in [2.05, 4.69) is 21.7 Å². The van der Waals surface area contributed by atoms with Crippen molar-refractivity contribution in [2.75, 3.05) is 25.5 Å². The summed E-state index contributed by atoms with van der Waals surface area (Å²) in [7, 11) is 1.69. The number of pyridine rings is 1. The molecule has 2 aromatic rings. The highest BCUT2D eigenvalue weighted by Gasteiger charge is 2.14. The molecule has 0 radical (unpaired) electrons. The Labute approximate surface area is 113 Å². The Morgan fingerprint density at radius 1 is 1.37 bits per heavy atom. The largest absolute Gasteiger partial charge is 0.497 e. The molecule has 100 valence electrons. The first-order valence-electron chi connectivity index (χ1n) is 6.77. The van der Waals surface area contributed by atoms with Gasteiger partial charge in [0.05, 0.1) is 7.11 Å². The van der Waals surface area contributed by atoms with Gasteiger partial charge in [0, 0.05) is 24.2 Å². The van der Waals surface area contributed by atoms with Crippen molar-refractivity contribution in [1.29, 1.82) is 0 Å². The monoisotopic (exact) mass is 257 g/mol. The van der Waals surface area contributed by atoms with Crippen LogP contribution >= 0.6 is 0 Å². The fourth-order valence-electron chi connectivity index (χ4n) is 2.56. The molecule has 0 spiro atoms. The molecule has 1 aliphatic heterocycles. The van der Waals surface area contributed by atoms with Crippen LogP contribution in [0.2, 0.25) is 0 Å². The molecule has 1 aliphatic rings. The van der Waals surface area contributed by atoms with Gasteiger partial charge in [-0.15, -0.1) is 0 Å². The van der Waals surface area contributed by atoms with Crippen molar-refractivity contribution in [1.82, 2.24) is 10.3 Å². The van der Waals surface area contributed by atoms with Gasteiger partial charge in [0.15, 0.2) is 0 Å². The minimum atomic E-state index is 0.457. The number of nitrogens with zero attached hydrogens (tertiary/aromatic N) is 1. The fourth-order valence-corrected chi connectivity index (χ4v) is 2.56. The predicted molar refractivity (Wildman–Crippen MR) is 77.8 cm³/mol. The summed E-state index contributed by atoms with van der Waals surface area (Å²) in [5, 5.41) is 9.26. The lowest BCUT2D eigenvalue weighted by Gasteiger charge is -2.24. The molecule has 1 aromatic carbocycles. The van der Waals surface area contributed by atoms with Gasteiger partial charge in [0.2, 0.25) is 0 Å². The maximum atomic E-state index is 5.30. The molecule has 1 unspecified atom stereocenters. The number of ether oxygens (including phenoxy) is 1. The molecule has 4 nitrogen and oxygen atoms in total. The third-order valence-corrected chi connectivity index (χ3v) is 3.61. The van der Waals surface area contributed by atoms with Crippen molar-refractivity contribution in [3.63, 3.8) is 0 Å². The minimum Gasteiger partial charge on any atom is -0.497 e. The zero-order valence-electron chi connectivity index (χ0n) is 11.1. The van der Waals surface area contributed by atoms with Gasteiger partial charge in [-0.25, -0.2) is 4.98 Å². The molecule has 0 amide bonds. The molecule has 1 aromatic heterocycles. The van der Waals surface area contributed by atoms with Crippen LogP contribution in [0.15, 0.2) is 30.5 Å². The molecule has 4 heteroatoms. The SMILES string of the molecule is COc1ccc2ccnc(NC3CCCNC3)c2c1. The Morgan fingerprint density at radius 3 is 3.11 bits per heavy atom. The normalized spacial score (nSPS) is 19.3. The highest BCUT2D eigenvalue weighted by atomic mass is 16.5. The average molecular weight is 257 g/mol. The zero-order valence-corrected chi connectivity index (χ0v) is 11.1. The third-order valence-electron chi connectivity index (χ3n) is 3.61. The first-order chi connectivity index (χ1) is 9.36. The van der Waals surface area contributed by atoms with Gasteiger partial charge in [-0.2, -0.15) is 0 Å². The summed E-state index contributed by atoms with van der Waals surface area (Å²) in [5.74, 6) is 1.82. The van der Waals surface area contributed by atoms with Crippen LogP contribution in [-0.4, -0.2) is 31.2 Å². The van der Waals surface area contributed by atoms with Crippen molar-refractivity contribution in [2.24, 2.45) is 0 Å². The standard InChI is InChI=1S/C15H19N3O/c1-19-13-5-4-11-6-8-17-15(14(11)9-13)18-12-3-2-7-16-10-12/h4-6,8-9,12,16H,2-3,7,10H2,1H3,(H,17,18). The lowest BCUT2D eigenvalue weighted by molar-refractivity contribution is 0.415. The van der Waals surface area contributed by atoms with E-state index < -0.39 is 0 Å². The topological polar surface area (TPSA) is 46.2 Å². The molecule has 0 aliphatic carbocycles. The van der Waals surface area contributed by atoms with Crippen molar-refractivity contribution in [3.05, 3.63) is 30.5 Å². The van der Waals surface area contributed by atoms with Crippen LogP contribution in [-0.2, 0) is 0 Å². The number of hydrogen-bond donors (Lipinski definition) is 2. The van der Waals surface area contributed by atoms with E-state index in [4.69, 9.17) is 4.74 Å². The number of methoxy groups -OCH3 is 1. The molecule has 19 heavy (non-hydrogen) atoms. The van der Waals surface area contributed by atoms with Crippen LogP contribution in [0.1, 0.15) is 12.8 Å². The smallest absolute Gasteiger partial charge is 0.134 e. The van der Waals surface area contributed by atoms with Crippen LogP contribution < -0.4 is 15.4 Å². The maximum Gasteiger partial charge on any atom is 0.134 e. The molecule has 1 atom stereocenters. The summed E-state index contributed by atoms with van der Waals surface area (Å²) in [6.07, 6.45) is 4.26. The van der Waals surface area contributed by atoms with Crippen LogP contribution in [0, 0.1) is 0 Å². The summed E-state index contributed by atoms with van der Waals surface area (Å²) >= 11 is 0.